The number of benzene rings is 3. The minimum Gasteiger partial charge on any atom is -0.462 e. The molecule has 6 rings (SSSR count). The lowest BCUT2D eigenvalue weighted by molar-refractivity contribution is -0.432. The van der Waals surface area contributed by atoms with Crippen LogP contribution < -0.4 is 30.3 Å². The van der Waals surface area contributed by atoms with Crippen molar-refractivity contribution in [2.75, 3.05) is 102 Å². The van der Waals surface area contributed by atoms with E-state index in [4.69, 9.17) is 23.8 Å². The molecule has 0 aliphatic carbocycles. The van der Waals surface area contributed by atoms with Gasteiger partial charge >= 0.3 is 12.0 Å². The summed E-state index contributed by atoms with van der Waals surface area (Å²) in [7, 11) is 2.95. The number of nitrogens with zero attached hydrogens (tertiary/aromatic N) is 9. The third-order valence-electron chi connectivity index (χ3n) is 8.50. The lowest BCUT2D eigenvalue weighted by Crippen LogP contribution is -2.37. The molecule has 0 radical (unpaired) electrons. The molecule has 1 saturated heterocycles. The maximum absolute atomic E-state index is 12.7. The summed E-state index contributed by atoms with van der Waals surface area (Å²) in [6.45, 7) is 4.18. The van der Waals surface area contributed by atoms with Crippen LogP contribution in [0.15, 0.2) is 76.5 Å². The number of ether oxygens (including phenoxy) is 3. The average Bonchev–Trinajstić information content (AvgIpc) is 3.23. The predicted molar refractivity (Wildman–Crippen MR) is 229 cm³/mol. The summed E-state index contributed by atoms with van der Waals surface area (Å²) in [6, 6.07) is 18.9. The van der Waals surface area contributed by atoms with Crippen LogP contribution >= 0.6 is 12.0 Å². The quantitative estimate of drug-likeness (QED) is 0.0217. The van der Waals surface area contributed by atoms with Crippen LogP contribution in [0.1, 0.15) is 11.1 Å². The molecule has 0 atom stereocenters. The second kappa shape index (κ2) is 21.7. The van der Waals surface area contributed by atoms with E-state index in [1.54, 1.807) is 30.3 Å². The Morgan fingerprint density at radius 2 is 1.30 bits per heavy atom. The van der Waals surface area contributed by atoms with Gasteiger partial charge in [-0.25, -0.2) is 5.26 Å². The van der Waals surface area contributed by atoms with Gasteiger partial charge in [0.05, 0.1) is 25.3 Å². The van der Waals surface area contributed by atoms with Gasteiger partial charge in [-0.2, -0.15) is 38.3 Å². The van der Waals surface area contributed by atoms with Crippen molar-refractivity contribution in [3.8, 4) is 12.0 Å². The van der Waals surface area contributed by atoms with Crippen molar-refractivity contribution < 1.29 is 41.8 Å². The first-order valence-corrected chi connectivity index (χ1v) is 20.9. The third-order valence-corrected chi connectivity index (χ3v) is 10.1. The third kappa shape index (κ3) is 13.9. The van der Waals surface area contributed by atoms with E-state index in [9.17, 15) is 13.0 Å². The van der Waals surface area contributed by atoms with E-state index in [1.165, 1.54) is 18.2 Å². The molecule has 0 spiro atoms. The molecule has 23 heteroatoms. The minimum atomic E-state index is -4.74. The van der Waals surface area contributed by atoms with Crippen molar-refractivity contribution in [2.45, 2.75) is 9.79 Å². The molecule has 5 N–H and O–H groups in total. The number of hydrogen-bond donors (Lipinski definition) is 5. The Hall–Kier alpha value is -5.76. The van der Waals surface area contributed by atoms with Gasteiger partial charge in [0.15, 0.2) is 0 Å². The smallest absolute Gasteiger partial charge is 0.323 e. The molecule has 1 aliphatic rings. The van der Waals surface area contributed by atoms with Gasteiger partial charge in [0, 0.05) is 48.1 Å². The van der Waals surface area contributed by atoms with Gasteiger partial charge in [-0.05, 0) is 75.7 Å². The molecular formula is C38H46N12O9S2. The number of aromatic nitrogens is 6. The van der Waals surface area contributed by atoms with E-state index in [1.807, 2.05) is 73.2 Å². The summed E-state index contributed by atoms with van der Waals surface area (Å²) >= 11 is 0.689. The fraction of sp³-hybridized carbons (Fsp3) is 0.316. The van der Waals surface area contributed by atoms with Gasteiger partial charge in [-0.15, -0.1) is 4.33 Å². The molecule has 3 heterocycles. The van der Waals surface area contributed by atoms with Crippen LogP contribution in [0.5, 0.6) is 12.0 Å². The van der Waals surface area contributed by atoms with Crippen LogP contribution in [0.3, 0.4) is 0 Å². The van der Waals surface area contributed by atoms with Gasteiger partial charge in [-0.3, -0.25) is 4.55 Å². The van der Waals surface area contributed by atoms with Gasteiger partial charge in [0.2, 0.25) is 23.8 Å². The van der Waals surface area contributed by atoms with Crippen molar-refractivity contribution in [2.24, 2.45) is 0 Å². The summed E-state index contributed by atoms with van der Waals surface area (Å²) in [5, 5.41) is 22.1. The minimum absolute atomic E-state index is 0.0400. The zero-order valence-electron chi connectivity index (χ0n) is 33.8. The summed E-state index contributed by atoms with van der Waals surface area (Å²) < 4.78 is 57.7. The maximum atomic E-state index is 12.7. The van der Waals surface area contributed by atoms with E-state index in [2.05, 4.69) is 50.9 Å². The number of likely N-dealkylation sites (N-methyl/N-ethyl adjacent to an activating group) is 2. The fourth-order valence-electron chi connectivity index (χ4n) is 5.48. The second-order valence-electron chi connectivity index (χ2n) is 13.7. The summed E-state index contributed by atoms with van der Waals surface area (Å²) in [5.74, 6) is 0.886. The number of hydrogen-bond acceptors (Lipinski definition) is 21. The number of para-hydroxylation sites is 1. The predicted octanol–water partition coefficient (Wildman–Crippen LogP) is 4.85. The lowest BCUT2D eigenvalue weighted by Gasteiger charge is -2.27. The highest BCUT2D eigenvalue weighted by atomic mass is 32.2. The Morgan fingerprint density at radius 1 is 0.738 bits per heavy atom. The van der Waals surface area contributed by atoms with Crippen LogP contribution in [0.2, 0.25) is 0 Å². The summed E-state index contributed by atoms with van der Waals surface area (Å²) in [6.07, 6.45) is 3.10. The van der Waals surface area contributed by atoms with Crippen LogP contribution in [0, 0.1) is 0 Å². The van der Waals surface area contributed by atoms with Crippen molar-refractivity contribution in [1.29, 1.82) is 0 Å². The van der Waals surface area contributed by atoms with Gasteiger partial charge in [0.25, 0.3) is 10.1 Å². The monoisotopic (exact) mass is 878 g/mol. The van der Waals surface area contributed by atoms with Crippen molar-refractivity contribution in [1.82, 2.24) is 39.7 Å². The number of rotatable bonds is 21. The first kappa shape index (κ1) is 44.8. The van der Waals surface area contributed by atoms with E-state index in [0.29, 0.717) is 86.7 Å². The molecule has 1 fully saturated rings. The van der Waals surface area contributed by atoms with E-state index in [0.717, 1.165) is 5.69 Å². The molecule has 61 heavy (non-hydrogen) atoms. The molecule has 2 aromatic heterocycles. The van der Waals surface area contributed by atoms with Crippen LogP contribution in [0.25, 0.3) is 12.2 Å². The molecule has 1 aliphatic heterocycles. The van der Waals surface area contributed by atoms with Crippen molar-refractivity contribution >= 4 is 75.2 Å². The van der Waals surface area contributed by atoms with Crippen LogP contribution in [-0.4, -0.2) is 139 Å². The summed E-state index contributed by atoms with van der Waals surface area (Å²) in [4.78, 5) is 32.7. The Bertz CT molecular complexity index is 2360. The highest BCUT2D eigenvalue weighted by molar-refractivity contribution is 7.94. The number of morpholine rings is 1. The van der Waals surface area contributed by atoms with Gasteiger partial charge in [0.1, 0.15) is 18.1 Å². The normalized spacial score (nSPS) is 13.2. The molecule has 5 aromatic rings. The first-order chi connectivity index (χ1) is 29.4. The summed E-state index contributed by atoms with van der Waals surface area (Å²) in [5.41, 5.74) is 2.19. The molecular weight excluding hydrogens is 833 g/mol. The highest BCUT2D eigenvalue weighted by Crippen LogP contribution is 2.32. The first-order valence-electron chi connectivity index (χ1n) is 18.8. The molecule has 3 aromatic carbocycles. The maximum Gasteiger partial charge on any atom is 0.323 e. The van der Waals surface area contributed by atoms with Crippen LogP contribution in [-0.2, 0) is 24.2 Å². The standard InChI is InChI=1S/C38H46N12O9S2/c1-48(2)16-22-56-37-44-33(39-28-8-6-5-7-9-28)42-34(45-37)41-30-15-13-27(32(25-30)61(52,53)54)11-10-26-12-14-29(24-31(26)60-59-58-51)40-35-43-36(50-18-20-55-21-19-50)47-38(46-35)57-23-17-49(3)4/h5-15,24-25,51H,16-23H2,1-4H3,(H,52,53,54)(H,40,43,46,47)(H2,39,41,42,44,45). The van der Waals surface area contributed by atoms with E-state index in [-0.39, 0.29) is 41.1 Å². The number of anilines is 7. The largest absolute Gasteiger partial charge is 0.462 e. The van der Waals surface area contributed by atoms with E-state index >= 15 is 0 Å². The zero-order valence-corrected chi connectivity index (χ0v) is 35.4. The number of nitrogens with one attached hydrogen (secondary N) is 3. The topological polar surface area (TPSA) is 244 Å². The molecule has 0 bridgehead atoms. The Labute approximate surface area is 357 Å². The Morgan fingerprint density at radius 3 is 1.90 bits per heavy atom. The molecule has 324 valence electrons. The van der Waals surface area contributed by atoms with Crippen molar-refractivity contribution in [3.63, 3.8) is 0 Å². The molecule has 0 amide bonds. The van der Waals surface area contributed by atoms with Crippen molar-refractivity contribution in [3.05, 3.63) is 77.9 Å². The SMILES string of the molecule is CN(C)CCOc1nc(Nc2ccccc2)nc(Nc2ccc(C=Cc3ccc(Nc4nc(OCCN(C)C)nc(N5CCOCC5)n4)cc3SOOO)c(S(=O)(=O)O)c2)n1. The van der Waals surface area contributed by atoms with E-state index < -0.39 is 15.0 Å². The van der Waals surface area contributed by atoms with Gasteiger partial charge in [-0.1, -0.05) is 47.5 Å². The molecule has 21 nitrogen and oxygen atoms in total. The molecule has 0 unspecified atom stereocenters. The Kier molecular flexibility index (Phi) is 15.9. The van der Waals surface area contributed by atoms with Gasteiger partial charge < -0.3 is 44.9 Å². The lowest BCUT2D eigenvalue weighted by atomic mass is 10.1. The van der Waals surface area contributed by atoms with Crippen LogP contribution in [0.4, 0.5) is 40.9 Å². The fourth-order valence-corrected chi connectivity index (χ4v) is 6.70. The molecule has 0 saturated carbocycles. The second-order valence-corrected chi connectivity index (χ2v) is 15.8. The average molecular weight is 879 g/mol. The Balaban J connectivity index is 1.24. The highest BCUT2D eigenvalue weighted by Gasteiger charge is 2.19. The zero-order chi connectivity index (χ0) is 43.2.